The van der Waals surface area contributed by atoms with Crippen molar-refractivity contribution in [3.63, 3.8) is 0 Å². The molecule has 2 rings (SSSR count). The van der Waals surface area contributed by atoms with E-state index in [4.69, 9.17) is 16.7 Å². The normalized spacial score (nSPS) is 24.4. The van der Waals surface area contributed by atoms with E-state index in [0.29, 0.717) is 12.8 Å². The van der Waals surface area contributed by atoms with Gasteiger partial charge >= 0.3 is 0 Å². The quantitative estimate of drug-likeness (QED) is 0.876. The number of sulfonamides is 1. The Balaban J connectivity index is 2.23. The Labute approximate surface area is 103 Å². The summed E-state index contributed by atoms with van der Waals surface area (Å²) in [5.74, 6) is -0.957. The van der Waals surface area contributed by atoms with Gasteiger partial charge in [-0.25, -0.2) is 17.5 Å². The summed E-state index contributed by atoms with van der Waals surface area (Å²) in [6, 6.07) is 3.46. The zero-order valence-corrected chi connectivity index (χ0v) is 10.3. The summed E-state index contributed by atoms with van der Waals surface area (Å²) >= 11 is 5.52. The van der Waals surface area contributed by atoms with Crippen LogP contribution in [0.3, 0.4) is 0 Å². The molecule has 1 aliphatic carbocycles. The van der Waals surface area contributed by atoms with Crippen molar-refractivity contribution in [3.05, 3.63) is 29.0 Å². The first-order valence-corrected chi connectivity index (χ1v) is 6.90. The van der Waals surface area contributed by atoms with Gasteiger partial charge in [-0.3, -0.25) is 0 Å². The molecule has 1 saturated carbocycles. The van der Waals surface area contributed by atoms with Crippen molar-refractivity contribution in [1.82, 2.24) is 4.72 Å². The number of benzene rings is 1. The standard InChI is InChI=1S/C10H11ClFNO3S/c11-8-2-1-3-9(10(8)12)17(15,16)13-6-4-7(14)5-6/h1-3,6-7,13-14H,4-5H2. The van der Waals surface area contributed by atoms with Gasteiger partial charge in [-0.15, -0.1) is 0 Å². The van der Waals surface area contributed by atoms with Crippen LogP contribution in [0.4, 0.5) is 4.39 Å². The number of aliphatic hydroxyl groups is 1. The second-order valence-electron chi connectivity index (χ2n) is 4.00. The van der Waals surface area contributed by atoms with Gasteiger partial charge in [-0.1, -0.05) is 17.7 Å². The Kier molecular flexibility index (Phi) is 3.40. The largest absolute Gasteiger partial charge is 0.393 e. The predicted octanol–water partition coefficient (Wildman–Crippen LogP) is 1.28. The Hall–Kier alpha value is -0.690. The molecule has 0 amide bonds. The Morgan fingerprint density at radius 3 is 2.65 bits per heavy atom. The van der Waals surface area contributed by atoms with E-state index in [1.807, 2.05) is 0 Å². The summed E-state index contributed by atoms with van der Waals surface area (Å²) in [6.45, 7) is 0. The molecule has 17 heavy (non-hydrogen) atoms. The maximum Gasteiger partial charge on any atom is 0.243 e. The van der Waals surface area contributed by atoms with Crippen molar-refractivity contribution >= 4 is 21.6 Å². The lowest BCUT2D eigenvalue weighted by molar-refractivity contribution is 0.0712. The summed E-state index contributed by atoms with van der Waals surface area (Å²) in [7, 11) is -3.92. The van der Waals surface area contributed by atoms with Crippen molar-refractivity contribution < 1.29 is 17.9 Å². The number of hydrogen-bond donors (Lipinski definition) is 2. The van der Waals surface area contributed by atoms with Crippen LogP contribution in [0.15, 0.2) is 23.1 Å². The van der Waals surface area contributed by atoms with E-state index in [9.17, 15) is 12.8 Å². The summed E-state index contributed by atoms with van der Waals surface area (Å²) in [4.78, 5) is -0.466. The smallest absolute Gasteiger partial charge is 0.243 e. The third-order valence-electron chi connectivity index (χ3n) is 2.64. The monoisotopic (exact) mass is 279 g/mol. The van der Waals surface area contributed by atoms with E-state index in [0.717, 1.165) is 6.07 Å². The fourth-order valence-corrected chi connectivity index (χ4v) is 3.25. The first-order chi connectivity index (χ1) is 7.90. The Morgan fingerprint density at radius 1 is 1.41 bits per heavy atom. The van der Waals surface area contributed by atoms with Gasteiger partial charge in [0.25, 0.3) is 0 Å². The second-order valence-corrected chi connectivity index (χ2v) is 6.08. The molecule has 94 valence electrons. The van der Waals surface area contributed by atoms with Crippen molar-refractivity contribution in [1.29, 1.82) is 0 Å². The molecule has 0 spiro atoms. The molecule has 0 aliphatic heterocycles. The third kappa shape index (κ3) is 2.60. The van der Waals surface area contributed by atoms with E-state index in [2.05, 4.69) is 4.72 Å². The molecule has 1 fully saturated rings. The van der Waals surface area contributed by atoms with Crippen molar-refractivity contribution in [2.45, 2.75) is 29.9 Å². The zero-order chi connectivity index (χ0) is 12.6. The maximum absolute atomic E-state index is 13.5. The van der Waals surface area contributed by atoms with Crippen LogP contribution in [0.5, 0.6) is 0 Å². The van der Waals surface area contributed by atoms with Gasteiger partial charge in [0.15, 0.2) is 5.82 Å². The van der Waals surface area contributed by atoms with Gasteiger partial charge in [0.1, 0.15) is 4.90 Å². The average Bonchev–Trinajstić information content (AvgIpc) is 2.19. The van der Waals surface area contributed by atoms with Crippen LogP contribution >= 0.6 is 11.6 Å². The topological polar surface area (TPSA) is 66.4 Å². The fourth-order valence-electron chi connectivity index (χ4n) is 1.66. The molecular weight excluding hydrogens is 269 g/mol. The molecule has 1 aromatic rings. The van der Waals surface area contributed by atoms with Gasteiger partial charge in [-0.2, -0.15) is 0 Å². The van der Waals surface area contributed by atoms with Crippen LogP contribution in [-0.2, 0) is 10.0 Å². The molecule has 1 aliphatic rings. The molecule has 0 saturated heterocycles. The van der Waals surface area contributed by atoms with Gasteiger partial charge < -0.3 is 5.11 Å². The molecular formula is C10H11ClFNO3S. The zero-order valence-electron chi connectivity index (χ0n) is 8.73. The minimum Gasteiger partial charge on any atom is -0.393 e. The molecule has 4 nitrogen and oxygen atoms in total. The highest BCUT2D eigenvalue weighted by Gasteiger charge is 2.32. The second kappa shape index (κ2) is 4.53. The van der Waals surface area contributed by atoms with E-state index in [1.54, 1.807) is 0 Å². The number of nitrogens with one attached hydrogen (secondary N) is 1. The first kappa shape index (κ1) is 12.8. The van der Waals surface area contributed by atoms with Crippen LogP contribution in [0, 0.1) is 5.82 Å². The SMILES string of the molecule is O=S(=O)(NC1CC(O)C1)c1cccc(Cl)c1F. The number of aliphatic hydroxyl groups excluding tert-OH is 1. The molecule has 2 N–H and O–H groups in total. The summed E-state index contributed by atoms with van der Waals surface area (Å²) < 4.78 is 39.5. The Morgan fingerprint density at radius 2 is 2.06 bits per heavy atom. The van der Waals surface area contributed by atoms with Crippen molar-refractivity contribution in [3.8, 4) is 0 Å². The number of hydrogen-bond acceptors (Lipinski definition) is 3. The van der Waals surface area contributed by atoms with Gasteiger partial charge in [0.2, 0.25) is 10.0 Å². The number of halogens is 2. The molecule has 1 aromatic carbocycles. The predicted molar refractivity (Wildman–Crippen MR) is 60.8 cm³/mol. The minimum absolute atomic E-state index is 0.235. The highest BCUT2D eigenvalue weighted by atomic mass is 35.5. The van der Waals surface area contributed by atoms with E-state index >= 15 is 0 Å². The van der Waals surface area contributed by atoms with Crippen LogP contribution in [-0.4, -0.2) is 25.7 Å². The Bertz CT molecular complexity index is 528. The highest BCUT2D eigenvalue weighted by molar-refractivity contribution is 7.89. The molecule has 0 unspecified atom stereocenters. The van der Waals surface area contributed by atoms with Crippen LogP contribution < -0.4 is 4.72 Å². The average molecular weight is 280 g/mol. The van der Waals surface area contributed by atoms with Gasteiger partial charge in [0.05, 0.1) is 11.1 Å². The lowest BCUT2D eigenvalue weighted by Crippen LogP contribution is -2.46. The highest BCUT2D eigenvalue weighted by Crippen LogP contribution is 2.25. The molecule has 0 bridgehead atoms. The number of rotatable bonds is 3. The van der Waals surface area contributed by atoms with Crippen molar-refractivity contribution in [2.75, 3.05) is 0 Å². The lowest BCUT2D eigenvalue weighted by Gasteiger charge is -2.31. The summed E-state index contributed by atoms with van der Waals surface area (Å²) in [6.07, 6.45) is 0.218. The molecule has 0 heterocycles. The van der Waals surface area contributed by atoms with Gasteiger partial charge in [-0.05, 0) is 25.0 Å². The van der Waals surface area contributed by atoms with Gasteiger partial charge in [0, 0.05) is 6.04 Å². The van der Waals surface area contributed by atoms with Crippen LogP contribution in [0.1, 0.15) is 12.8 Å². The summed E-state index contributed by atoms with van der Waals surface area (Å²) in [5, 5.41) is 8.82. The van der Waals surface area contributed by atoms with Crippen molar-refractivity contribution in [2.24, 2.45) is 0 Å². The summed E-state index contributed by atoms with van der Waals surface area (Å²) in [5.41, 5.74) is 0. The van der Waals surface area contributed by atoms with E-state index in [-0.39, 0.29) is 11.1 Å². The molecule has 0 aromatic heterocycles. The fraction of sp³-hybridized carbons (Fsp3) is 0.400. The maximum atomic E-state index is 13.5. The van der Waals surface area contributed by atoms with E-state index in [1.165, 1.54) is 12.1 Å². The molecule has 0 atom stereocenters. The minimum atomic E-state index is -3.92. The molecule has 7 heteroatoms. The first-order valence-electron chi connectivity index (χ1n) is 5.04. The van der Waals surface area contributed by atoms with Crippen LogP contribution in [0.2, 0.25) is 5.02 Å². The van der Waals surface area contributed by atoms with E-state index < -0.39 is 26.8 Å². The van der Waals surface area contributed by atoms with Crippen LogP contribution in [0.25, 0.3) is 0 Å². The molecule has 0 radical (unpaired) electrons. The lowest BCUT2D eigenvalue weighted by atomic mass is 9.91. The third-order valence-corrected chi connectivity index (χ3v) is 4.47.